The van der Waals surface area contributed by atoms with Crippen molar-refractivity contribution in [2.45, 2.75) is 18.9 Å². The number of hydrogen-bond acceptors (Lipinski definition) is 6. The Morgan fingerprint density at radius 3 is 2.29 bits per heavy atom. The summed E-state index contributed by atoms with van der Waals surface area (Å²) in [6.45, 7) is 0. The van der Waals surface area contributed by atoms with Crippen LogP contribution in [0.4, 0.5) is 0 Å². The lowest BCUT2D eigenvalue weighted by atomic mass is 9.95. The first kappa shape index (κ1) is 24.6. The van der Waals surface area contributed by atoms with Crippen LogP contribution in [0.2, 0.25) is 0 Å². The van der Waals surface area contributed by atoms with Crippen LogP contribution in [0.1, 0.15) is 33.9 Å². The molecule has 3 aromatic carbocycles. The van der Waals surface area contributed by atoms with E-state index >= 15 is 0 Å². The van der Waals surface area contributed by atoms with Gasteiger partial charge in [-0.2, -0.15) is 0 Å². The maximum atomic E-state index is 13.2. The largest absolute Gasteiger partial charge is 0.493 e. The van der Waals surface area contributed by atoms with Gasteiger partial charge >= 0.3 is 0 Å². The molecular formula is C27H26BrNO6. The van der Waals surface area contributed by atoms with Gasteiger partial charge in [-0.3, -0.25) is 9.59 Å². The lowest BCUT2D eigenvalue weighted by Gasteiger charge is -2.20. The second-order valence-corrected chi connectivity index (χ2v) is 8.86. The van der Waals surface area contributed by atoms with Crippen LogP contribution in [0.3, 0.4) is 0 Å². The number of methoxy groups -OCH3 is 4. The summed E-state index contributed by atoms with van der Waals surface area (Å²) in [6.07, 6.45) is 1.16. The standard InChI is InChI=1S/C27H26BrNO6/c1-32-22-12-10-16-18(14-21(22)30)20(29-27(31)17-7-5-6-8-19(17)28)11-9-15-13-23(33-2)25(34-3)26(35-4)24(15)16/h5-8,10,12-14,20H,9,11H2,1-4H3,(H,29,31)/t20-/m0/s1. The van der Waals surface area contributed by atoms with Gasteiger partial charge in [-0.25, -0.2) is 0 Å². The number of fused-ring (bicyclic) bond motifs is 3. The van der Waals surface area contributed by atoms with Crippen molar-refractivity contribution in [3.63, 3.8) is 0 Å². The number of amides is 1. The van der Waals surface area contributed by atoms with Crippen molar-refractivity contribution in [3.05, 3.63) is 79.9 Å². The SMILES string of the molecule is COc1cc2c(c(OC)c1OC)-c1ccc(OC)c(=O)cc1[C@@H](NC(=O)c1ccccc1Br)CC2. The fourth-order valence-corrected chi connectivity index (χ4v) is 4.96. The zero-order valence-corrected chi connectivity index (χ0v) is 21.5. The van der Waals surface area contributed by atoms with Gasteiger partial charge in [-0.15, -0.1) is 0 Å². The van der Waals surface area contributed by atoms with Crippen molar-refractivity contribution < 1.29 is 23.7 Å². The normalized spacial score (nSPS) is 14.1. The zero-order chi connectivity index (χ0) is 25.1. The van der Waals surface area contributed by atoms with Crippen molar-refractivity contribution in [2.24, 2.45) is 0 Å². The molecule has 0 aliphatic heterocycles. The van der Waals surface area contributed by atoms with Crippen LogP contribution in [0, 0.1) is 0 Å². The summed E-state index contributed by atoms with van der Waals surface area (Å²) in [5.41, 5.74) is 3.39. The van der Waals surface area contributed by atoms with Crippen LogP contribution in [-0.2, 0) is 6.42 Å². The molecule has 7 nitrogen and oxygen atoms in total. The minimum absolute atomic E-state index is 0.204. The first-order valence-corrected chi connectivity index (χ1v) is 11.8. The highest BCUT2D eigenvalue weighted by molar-refractivity contribution is 9.10. The molecule has 0 spiro atoms. The first-order valence-electron chi connectivity index (χ1n) is 11.0. The number of nitrogens with one attached hydrogen (secondary N) is 1. The molecule has 0 unspecified atom stereocenters. The fourth-order valence-electron chi connectivity index (χ4n) is 4.50. The highest BCUT2D eigenvalue weighted by Gasteiger charge is 2.30. The van der Waals surface area contributed by atoms with E-state index in [1.807, 2.05) is 24.3 Å². The predicted molar refractivity (Wildman–Crippen MR) is 137 cm³/mol. The van der Waals surface area contributed by atoms with Crippen molar-refractivity contribution in [1.29, 1.82) is 0 Å². The molecule has 1 atom stereocenters. The van der Waals surface area contributed by atoms with E-state index in [4.69, 9.17) is 18.9 Å². The third-order valence-electron chi connectivity index (χ3n) is 6.14. The minimum atomic E-state index is -0.441. The summed E-state index contributed by atoms with van der Waals surface area (Å²) in [4.78, 5) is 26.2. The molecule has 1 amide bonds. The number of carbonyl (C=O) groups is 1. The molecule has 0 aromatic heterocycles. The molecule has 35 heavy (non-hydrogen) atoms. The fraction of sp³-hybridized carbons (Fsp3) is 0.259. The average molecular weight is 540 g/mol. The van der Waals surface area contributed by atoms with Crippen molar-refractivity contribution >= 4 is 21.8 Å². The number of carbonyl (C=O) groups excluding carboxylic acids is 1. The van der Waals surface area contributed by atoms with E-state index in [2.05, 4.69) is 21.2 Å². The van der Waals surface area contributed by atoms with Gasteiger partial charge < -0.3 is 24.3 Å². The van der Waals surface area contributed by atoms with E-state index in [0.29, 0.717) is 45.7 Å². The molecule has 0 bridgehead atoms. The third-order valence-corrected chi connectivity index (χ3v) is 6.84. The predicted octanol–water partition coefficient (Wildman–Crippen LogP) is 4.93. The number of hydrogen-bond donors (Lipinski definition) is 1. The van der Waals surface area contributed by atoms with E-state index in [9.17, 15) is 9.59 Å². The second-order valence-electron chi connectivity index (χ2n) is 8.00. The number of benzene rings is 2. The highest BCUT2D eigenvalue weighted by Crippen LogP contribution is 2.50. The van der Waals surface area contributed by atoms with Gasteiger partial charge in [-0.05, 0) is 75.8 Å². The van der Waals surface area contributed by atoms with Crippen LogP contribution in [-0.4, -0.2) is 34.3 Å². The highest BCUT2D eigenvalue weighted by atomic mass is 79.9. The van der Waals surface area contributed by atoms with Gasteiger partial charge in [0, 0.05) is 10.0 Å². The van der Waals surface area contributed by atoms with Crippen molar-refractivity contribution in [3.8, 4) is 34.1 Å². The van der Waals surface area contributed by atoms with Crippen LogP contribution in [0.5, 0.6) is 23.0 Å². The van der Waals surface area contributed by atoms with E-state index in [-0.39, 0.29) is 17.1 Å². The van der Waals surface area contributed by atoms with Crippen LogP contribution < -0.4 is 29.7 Å². The van der Waals surface area contributed by atoms with Crippen molar-refractivity contribution in [1.82, 2.24) is 5.32 Å². The molecule has 0 heterocycles. The molecule has 1 aliphatic carbocycles. The maximum absolute atomic E-state index is 13.2. The lowest BCUT2D eigenvalue weighted by Crippen LogP contribution is -2.29. The summed E-state index contributed by atoms with van der Waals surface area (Å²) in [7, 11) is 6.14. The van der Waals surface area contributed by atoms with Crippen LogP contribution >= 0.6 is 15.9 Å². The molecule has 8 heteroatoms. The third kappa shape index (κ3) is 4.58. The Kier molecular flexibility index (Phi) is 7.31. The Bertz CT molecular complexity index is 1340. The number of rotatable bonds is 6. The van der Waals surface area contributed by atoms with E-state index in [0.717, 1.165) is 16.7 Å². The second kappa shape index (κ2) is 10.4. The number of halogens is 1. The maximum Gasteiger partial charge on any atom is 0.252 e. The Hall–Kier alpha value is -3.52. The smallest absolute Gasteiger partial charge is 0.252 e. The summed E-state index contributed by atoms with van der Waals surface area (Å²) in [5, 5.41) is 3.13. The summed E-state index contributed by atoms with van der Waals surface area (Å²) < 4.78 is 23.0. The number of aryl methyl sites for hydroxylation is 1. The Balaban J connectivity index is 1.95. The molecule has 182 valence electrons. The molecule has 0 fully saturated rings. The molecule has 0 saturated carbocycles. The van der Waals surface area contributed by atoms with Gasteiger partial charge in [0.15, 0.2) is 17.2 Å². The van der Waals surface area contributed by atoms with Gasteiger partial charge in [0.2, 0.25) is 11.2 Å². The molecule has 1 N–H and O–H groups in total. The Labute approximate surface area is 212 Å². The zero-order valence-electron chi connectivity index (χ0n) is 19.9. The van der Waals surface area contributed by atoms with Gasteiger partial charge in [0.05, 0.1) is 40.0 Å². The number of ether oxygens (including phenoxy) is 4. The summed E-state index contributed by atoms with van der Waals surface area (Å²) >= 11 is 3.45. The van der Waals surface area contributed by atoms with E-state index in [1.54, 1.807) is 39.5 Å². The van der Waals surface area contributed by atoms with Gasteiger partial charge in [0.1, 0.15) is 0 Å². The first-order chi connectivity index (χ1) is 16.9. The monoisotopic (exact) mass is 539 g/mol. The van der Waals surface area contributed by atoms with Gasteiger partial charge in [-0.1, -0.05) is 18.2 Å². The molecule has 4 rings (SSSR count). The Morgan fingerprint density at radius 2 is 1.63 bits per heavy atom. The molecule has 0 radical (unpaired) electrons. The topological polar surface area (TPSA) is 83.1 Å². The van der Waals surface area contributed by atoms with Crippen molar-refractivity contribution in [2.75, 3.05) is 28.4 Å². The Morgan fingerprint density at radius 1 is 0.914 bits per heavy atom. The van der Waals surface area contributed by atoms with Crippen LogP contribution in [0.15, 0.2) is 57.8 Å². The molecule has 0 saturated heterocycles. The lowest BCUT2D eigenvalue weighted by molar-refractivity contribution is 0.0934. The molecule has 1 aliphatic rings. The van der Waals surface area contributed by atoms with Crippen LogP contribution in [0.25, 0.3) is 11.1 Å². The summed E-state index contributed by atoms with van der Waals surface area (Å²) in [5.74, 6) is 1.46. The van der Waals surface area contributed by atoms with Gasteiger partial charge in [0.25, 0.3) is 5.91 Å². The quantitative estimate of drug-likeness (QED) is 0.478. The van der Waals surface area contributed by atoms with E-state index in [1.165, 1.54) is 13.2 Å². The minimum Gasteiger partial charge on any atom is -0.493 e. The molecule has 3 aromatic rings. The average Bonchev–Trinajstić information content (AvgIpc) is 3.11. The molecular weight excluding hydrogens is 514 g/mol. The summed E-state index contributed by atoms with van der Waals surface area (Å²) in [6, 6.07) is 13.7. The van der Waals surface area contributed by atoms with E-state index < -0.39 is 6.04 Å².